The smallest absolute Gasteiger partial charge is 0.248 e. The van der Waals surface area contributed by atoms with Crippen molar-refractivity contribution < 1.29 is 28.4 Å². The van der Waals surface area contributed by atoms with E-state index in [1.54, 1.807) is 36.7 Å². The lowest BCUT2D eigenvalue weighted by atomic mass is 10.2. The minimum absolute atomic E-state index is 0.0283. The molecule has 1 atom stereocenters. The number of nitrogens with one attached hydrogen (secondary N) is 3. The molecule has 2 heterocycles. The first-order valence-electron chi connectivity index (χ1n) is 12.9. The van der Waals surface area contributed by atoms with E-state index in [-0.39, 0.29) is 43.7 Å². The summed E-state index contributed by atoms with van der Waals surface area (Å²) in [5.41, 5.74) is 6.33. The summed E-state index contributed by atoms with van der Waals surface area (Å²) in [7, 11) is 0. The van der Waals surface area contributed by atoms with Gasteiger partial charge in [-0.05, 0) is 49.2 Å². The Morgan fingerprint density at radius 2 is 1.75 bits per heavy atom. The monoisotopic (exact) mass is 551 g/mol. The molecule has 4 amide bonds. The van der Waals surface area contributed by atoms with Gasteiger partial charge in [-0.3, -0.25) is 24.2 Å². The first-order valence-corrected chi connectivity index (χ1v) is 12.9. The number of aromatic nitrogens is 3. The third-order valence-electron chi connectivity index (χ3n) is 5.64. The highest BCUT2D eigenvalue weighted by Gasteiger charge is 2.21. The van der Waals surface area contributed by atoms with E-state index in [1.165, 1.54) is 12.1 Å². The maximum absolute atomic E-state index is 12.6. The van der Waals surface area contributed by atoms with Crippen LogP contribution in [-0.4, -0.2) is 64.5 Å². The second-order valence-corrected chi connectivity index (χ2v) is 8.80. The fourth-order valence-corrected chi connectivity index (χ4v) is 3.50. The minimum Gasteiger partial charge on any atom is -0.493 e. The minimum atomic E-state index is -0.938. The van der Waals surface area contributed by atoms with Crippen molar-refractivity contribution in [1.82, 2.24) is 31.1 Å². The normalized spacial score (nSPS) is 11.3. The number of ether oxygens (including phenoxy) is 1. The largest absolute Gasteiger partial charge is 0.493 e. The number of aryl methyl sites for hydroxylation is 1. The van der Waals surface area contributed by atoms with E-state index in [4.69, 9.17) is 15.0 Å². The van der Waals surface area contributed by atoms with Crippen LogP contribution in [0.3, 0.4) is 0 Å². The molecule has 0 bridgehead atoms. The summed E-state index contributed by atoms with van der Waals surface area (Å²) in [6.45, 7) is 2.36. The van der Waals surface area contributed by atoms with Crippen molar-refractivity contribution in [2.75, 3.05) is 19.7 Å². The number of rotatable bonds is 16. The molecule has 40 heavy (non-hydrogen) atoms. The van der Waals surface area contributed by atoms with Crippen LogP contribution in [-0.2, 0) is 20.8 Å². The Balaban J connectivity index is 1.42. The van der Waals surface area contributed by atoms with Gasteiger partial charge in [-0.2, -0.15) is 4.98 Å². The van der Waals surface area contributed by atoms with Crippen molar-refractivity contribution in [2.24, 2.45) is 5.73 Å². The predicted molar refractivity (Wildman–Crippen MR) is 144 cm³/mol. The molecule has 0 saturated heterocycles. The topological polar surface area (TPSA) is 191 Å². The van der Waals surface area contributed by atoms with Crippen LogP contribution in [0.5, 0.6) is 5.75 Å². The van der Waals surface area contributed by atoms with Gasteiger partial charge in [-0.25, -0.2) is 0 Å². The number of hydrogen-bond donors (Lipinski definition) is 4. The van der Waals surface area contributed by atoms with Gasteiger partial charge >= 0.3 is 0 Å². The molecule has 212 valence electrons. The summed E-state index contributed by atoms with van der Waals surface area (Å²) < 4.78 is 10.8. The van der Waals surface area contributed by atoms with Crippen molar-refractivity contribution in [3.63, 3.8) is 0 Å². The van der Waals surface area contributed by atoms with Gasteiger partial charge in [-0.15, -0.1) is 0 Å². The Hall–Kier alpha value is -4.81. The van der Waals surface area contributed by atoms with E-state index in [2.05, 4.69) is 31.1 Å². The summed E-state index contributed by atoms with van der Waals surface area (Å²) in [6, 6.07) is 8.82. The average molecular weight is 552 g/mol. The van der Waals surface area contributed by atoms with E-state index >= 15 is 0 Å². The number of carbonyl (C=O) groups excluding carboxylic acids is 4. The first-order chi connectivity index (χ1) is 19.4. The summed E-state index contributed by atoms with van der Waals surface area (Å²) in [5.74, 6) is -0.305. The molecule has 0 spiro atoms. The predicted octanol–water partition coefficient (Wildman–Crippen LogP) is 1.15. The Labute approximate surface area is 231 Å². The molecule has 5 N–H and O–H groups in total. The quantitative estimate of drug-likeness (QED) is 0.202. The maximum atomic E-state index is 12.6. The van der Waals surface area contributed by atoms with Crippen molar-refractivity contribution in [1.29, 1.82) is 0 Å². The van der Waals surface area contributed by atoms with Crippen LogP contribution < -0.4 is 26.4 Å². The number of amides is 4. The number of pyridine rings is 1. The summed E-state index contributed by atoms with van der Waals surface area (Å²) >= 11 is 0. The molecule has 0 aliphatic carbocycles. The van der Waals surface area contributed by atoms with Crippen LogP contribution >= 0.6 is 0 Å². The van der Waals surface area contributed by atoms with Crippen LogP contribution in [0, 0.1) is 0 Å². The number of benzene rings is 1. The van der Waals surface area contributed by atoms with Gasteiger partial charge < -0.3 is 30.9 Å². The lowest BCUT2D eigenvalue weighted by molar-refractivity contribution is -0.129. The third kappa shape index (κ3) is 9.82. The van der Waals surface area contributed by atoms with E-state index in [0.29, 0.717) is 42.4 Å². The molecular formula is C27H33N7O6. The van der Waals surface area contributed by atoms with Crippen LogP contribution in [0.2, 0.25) is 0 Å². The maximum Gasteiger partial charge on any atom is 0.248 e. The van der Waals surface area contributed by atoms with Crippen LogP contribution in [0.1, 0.15) is 48.9 Å². The average Bonchev–Trinajstić information content (AvgIpc) is 3.43. The molecule has 13 nitrogen and oxygen atoms in total. The Bertz CT molecular complexity index is 1260. The molecule has 3 aromatic rings. The molecule has 0 unspecified atom stereocenters. The second kappa shape index (κ2) is 15.6. The van der Waals surface area contributed by atoms with E-state index in [9.17, 15) is 19.2 Å². The van der Waals surface area contributed by atoms with Gasteiger partial charge in [0.2, 0.25) is 35.3 Å². The van der Waals surface area contributed by atoms with Gasteiger partial charge in [-0.1, -0.05) is 12.1 Å². The van der Waals surface area contributed by atoms with Crippen LogP contribution in [0.15, 0.2) is 53.3 Å². The zero-order valence-corrected chi connectivity index (χ0v) is 22.2. The molecule has 0 radical (unpaired) electrons. The standard InChI is InChI=1S/C27H33N7O6/c1-2-13-30-27(38)21(17-31-22(35)12-16-39-20-8-6-18(7-9-20)25(28)37)32-23(36)4-3-5-24-33-26(34-40-24)19-10-14-29-15-11-19/h6-11,14-15,21H,2-5,12-13,16-17H2,1H3,(H2,28,37)(H,30,38)(H,31,35)(H,32,36)/t21-/m0/s1. The van der Waals surface area contributed by atoms with E-state index in [1.807, 2.05) is 6.92 Å². The Morgan fingerprint density at radius 3 is 2.45 bits per heavy atom. The first kappa shape index (κ1) is 29.7. The number of nitrogens with two attached hydrogens (primary N) is 1. The fraction of sp³-hybridized carbons (Fsp3) is 0.370. The number of nitrogens with zero attached hydrogens (tertiary/aromatic N) is 3. The fourth-order valence-electron chi connectivity index (χ4n) is 3.50. The van der Waals surface area contributed by atoms with Crippen molar-refractivity contribution in [3.05, 3.63) is 60.2 Å². The number of carbonyl (C=O) groups is 4. The molecule has 1 aromatic carbocycles. The summed E-state index contributed by atoms with van der Waals surface area (Å²) in [4.78, 5) is 56.9. The number of primary amides is 1. The molecule has 0 aliphatic heterocycles. The highest BCUT2D eigenvalue weighted by Crippen LogP contribution is 2.15. The van der Waals surface area contributed by atoms with E-state index < -0.39 is 11.9 Å². The molecule has 0 fully saturated rings. The second-order valence-electron chi connectivity index (χ2n) is 8.80. The molecular weight excluding hydrogens is 518 g/mol. The zero-order chi connectivity index (χ0) is 28.7. The van der Waals surface area contributed by atoms with Crippen molar-refractivity contribution >= 4 is 23.6 Å². The van der Waals surface area contributed by atoms with E-state index in [0.717, 1.165) is 12.0 Å². The van der Waals surface area contributed by atoms with Crippen molar-refractivity contribution in [2.45, 2.75) is 45.1 Å². The van der Waals surface area contributed by atoms with Gasteiger partial charge in [0, 0.05) is 49.5 Å². The zero-order valence-electron chi connectivity index (χ0n) is 22.2. The van der Waals surface area contributed by atoms with Crippen molar-refractivity contribution in [3.8, 4) is 17.1 Å². The van der Waals surface area contributed by atoms with Crippen LogP contribution in [0.25, 0.3) is 11.4 Å². The molecule has 3 rings (SSSR count). The lowest BCUT2D eigenvalue weighted by Crippen LogP contribution is -2.52. The number of hydrogen-bond acceptors (Lipinski definition) is 9. The summed E-state index contributed by atoms with van der Waals surface area (Å²) in [6.07, 6.45) is 4.96. The molecule has 13 heteroatoms. The molecule has 2 aromatic heterocycles. The Kier molecular flexibility index (Phi) is 11.6. The van der Waals surface area contributed by atoms with Crippen LogP contribution in [0.4, 0.5) is 0 Å². The molecule has 0 aliphatic rings. The van der Waals surface area contributed by atoms with Gasteiger partial charge in [0.25, 0.3) is 0 Å². The third-order valence-corrected chi connectivity index (χ3v) is 5.64. The lowest BCUT2D eigenvalue weighted by Gasteiger charge is -2.19. The SMILES string of the molecule is CCCNC(=O)[C@H](CNC(=O)CCOc1ccc(C(N)=O)cc1)NC(=O)CCCc1nc(-c2ccncc2)no1. The highest BCUT2D eigenvalue weighted by molar-refractivity contribution is 5.92. The van der Waals surface area contributed by atoms with Gasteiger partial charge in [0.1, 0.15) is 11.8 Å². The molecule has 0 saturated carbocycles. The van der Waals surface area contributed by atoms with Gasteiger partial charge in [0.05, 0.1) is 13.0 Å². The Morgan fingerprint density at radius 1 is 1.00 bits per heavy atom. The summed E-state index contributed by atoms with van der Waals surface area (Å²) in [5, 5.41) is 12.0. The highest BCUT2D eigenvalue weighted by atomic mass is 16.5. The van der Waals surface area contributed by atoms with Gasteiger partial charge in [0.15, 0.2) is 0 Å².